The van der Waals surface area contributed by atoms with Crippen molar-refractivity contribution in [3.63, 3.8) is 0 Å². The molecule has 18 heavy (non-hydrogen) atoms. The minimum Gasteiger partial charge on any atom is -0.371 e. The maximum atomic E-state index is 11.3. The summed E-state index contributed by atoms with van der Waals surface area (Å²) >= 11 is 0. The van der Waals surface area contributed by atoms with Crippen LogP contribution in [-0.2, 0) is 16.1 Å². The van der Waals surface area contributed by atoms with E-state index in [1.807, 2.05) is 5.59 Å². The number of carbonyl (C=O) groups is 1. The number of hydrogen-bond donors (Lipinski definition) is 2. The lowest BCUT2D eigenvalue weighted by Crippen LogP contribution is -2.33. The number of nitrogens with one attached hydrogen (secondary N) is 1. The molecule has 5 nitrogen and oxygen atoms in total. The number of fused-ring (bicyclic) bond motifs is 1. The molecule has 5 heteroatoms. The predicted molar refractivity (Wildman–Crippen MR) is 69.7 cm³/mol. The van der Waals surface area contributed by atoms with E-state index in [1.165, 1.54) is 16.8 Å². The number of aryl methyl sites for hydroxylation is 2. The largest absolute Gasteiger partial charge is 0.371 e. The maximum Gasteiger partial charge on any atom is 0.328 e. The van der Waals surface area contributed by atoms with Gasteiger partial charge in [0.2, 0.25) is 0 Å². The first-order valence-electron chi connectivity index (χ1n) is 6.20. The Morgan fingerprint density at radius 3 is 3.17 bits per heavy atom. The van der Waals surface area contributed by atoms with Crippen molar-refractivity contribution in [2.75, 3.05) is 18.0 Å². The van der Waals surface area contributed by atoms with Gasteiger partial charge in [0, 0.05) is 18.8 Å². The van der Waals surface area contributed by atoms with Crippen LogP contribution in [0.1, 0.15) is 24.0 Å². The highest BCUT2D eigenvalue weighted by molar-refractivity contribution is 5.70. The maximum absolute atomic E-state index is 11.3. The Morgan fingerprint density at radius 1 is 1.56 bits per heavy atom. The number of benzene rings is 1. The molecule has 0 atom stereocenters. The first-order chi connectivity index (χ1) is 8.70. The van der Waals surface area contributed by atoms with E-state index in [4.69, 9.17) is 5.84 Å². The number of rotatable bonds is 4. The van der Waals surface area contributed by atoms with Gasteiger partial charge in [-0.3, -0.25) is 4.79 Å². The highest BCUT2D eigenvalue weighted by Gasteiger charge is 2.17. The third-order valence-corrected chi connectivity index (χ3v) is 3.21. The summed E-state index contributed by atoms with van der Waals surface area (Å²) in [5.74, 6) is 4.59. The molecule has 0 aliphatic carbocycles. The van der Waals surface area contributed by atoms with Gasteiger partial charge in [-0.05, 0) is 31.4 Å². The molecule has 0 aromatic heterocycles. The molecule has 0 saturated carbocycles. The van der Waals surface area contributed by atoms with E-state index in [0.717, 1.165) is 19.4 Å². The van der Waals surface area contributed by atoms with Crippen LogP contribution in [0.4, 0.5) is 5.69 Å². The SMILES string of the molecule is Cc1ccc2c(c1)CCCN2CCC(=O)ONN. The summed E-state index contributed by atoms with van der Waals surface area (Å²) < 4.78 is 0. The van der Waals surface area contributed by atoms with Gasteiger partial charge in [-0.2, -0.15) is 0 Å². The molecule has 1 aliphatic heterocycles. The molecule has 1 aromatic rings. The second kappa shape index (κ2) is 5.84. The summed E-state index contributed by atoms with van der Waals surface area (Å²) in [5.41, 5.74) is 5.80. The number of hydrogen-bond acceptors (Lipinski definition) is 5. The molecule has 3 N–H and O–H groups in total. The summed E-state index contributed by atoms with van der Waals surface area (Å²) in [4.78, 5) is 18.0. The van der Waals surface area contributed by atoms with Gasteiger partial charge in [-0.1, -0.05) is 23.3 Å². The van der Waals surface area contributed by atoms with Crippen LogP contribution in [-0.4, -0.2) is 19.1 Å². The van der Waals surface area contributed by atoms with Gasteiger partial charge < -0.3 is 9.74 Å². The second-order valence-corrected chi connectivity index (χ2v) is 4.56. The molecule has 0 spiro atoms. The molecular formula is C13H19N3O2. The van der Waals surface area contributed by atoms with Crippen LogP contribution >= 0.6 is 0 Å². The monoisotopic (exact) mass is 249 g/mol. The van der Waals surface area contributed by atoms with Crippen molar-refractivity contribution < 1.29 is 9.63 Å². The normalized spacial score (nSPS) is 14.2. The van der Waals surface area contributed by atoms with E-state index >= 15 is 0 Å². The number of nitrogens with zero attached hydrogens (tertiary/aromatic N) is 1. The highest BCUT2D eigenvalue weighted by atomic mass is 16.7. The first-order valence-corrected chi connectivity index (χ1v) is 6.20. The topological polar surface area (TPSA) is 67.6 Å². The second-order valence-electron chi connectivity index (χ2n) is 4.56. The lowest BCUT2D eigenvalue weighted by atomic mass is 9.99. The van der Waals surface area contributed by atoms with Crippen molar-refractivity contribution in [3.8, 4) is 0 Å². The fraction of sp³-hybridized carbons (Fsp3) is 0.462. The van der Waals surface area contributed by atoms with Crippen LogP contribution in [0.25, 0.3) is 0 Å². The zero-order valence-electron chi connectivity index (χ0n) is 10.6. The summed E-state index contributed by atoms with van der Waals surface area (Å²) in [6, 6.07) is 6.47. The van der Waals surface area contributed by atoms with Crippen LogP contribution in [0.3, 0.4) is 0 Å². The lowest BCUT2D eigenvalue weighted by Gasteiger charge is -2.31. The summed E-state index contributed by atoms with van der Waals surface area (Å²) in [6.07, 6.45) is 2.57. The van der Waals surface area contributed by atoms with Gasteiger partial charge >= 0.3 is 5.97 Å². The van der Waals surface area contributed by atoms with Gasteiger partial charge in [0.05, 0.1) is 6.42 Å². The number of hydrazine groups is 1. The van der Waals surface area contributed by atoms with Gasteiger partial charge in [-0.15, -0.1) is 0 Å². The van der Waals surface area contributed by atoms with E-state index in [-0.39, 0.29) is 5.97 Å². The molecule has 98 valence electrons. The summed E-state index contributed by atoms with van der Waals surface area (Å²) in [7, 11) is 0. The molecule has 1 aliphatic rings. The molecule has 0 fully saturated rings. The fourth-order valence-electron chi connectivity index (χ4n) is 2.38. The van der Waals surface area contributed by atoms with E-state index < -0.39 is 0 Å². The number of nitrogens with two attached hydrogens (primary N) is 1. The quantitative estimate of drug-likeness (QED) is 0.617. The molecule has 1 heterocycles. The van der Waals surface area contributed by atoms with Crippen LogP contribution in [0.15, 0.2) is 18.2 Å². The van der Waals surface area contributed by atoms with E-state index in [2.05, 4.69) is 34.9 Å². The zero-order chi connectivity index (χ0) is 13.0. The average molecular weight is 249 g/mol. The third kappa shape index (κ3) is 3.00. The Bertz CT molecular complexity index is 434. The number of carbonyl (C=O) groups excluding carboxylic acids is 1. The number of anilines is 1. The molecule has 0 bridgehead atoms. The van der Waals surface area contributed by atoms with Crippen LogP contribution in [0.2, 0.25) is 0 Å². The van der Waals surface area contributed by atoms with Gasteiger partial charge in [0.1, 0.15) is 0 Å². The van der Waals surface area contributed by atoms with Crippen LogP contribution < -0.4 is 16.3 Å². The van der Waals surface area contributed by atoms with Crippen molar-refractivity contribution >= 4 is 11.7 Å². The standard InChI is InChI=1S/C13H19N3O2/c1-10-4-5-12-11(9-10)3-2-7-16(12)8-6-13(17)18-15-14/h4-5,9,15H,2-3,6-8,14H2,1H3. The zero-order valence-corrected chi connectivity index (χ0v) is 10.6. The Hall–Kier alpha value is -1.59. The highest BCUT2D eigenvalue weighted by Crippen LogP contribution is 2.27. The summed E-state index contributed by atoms with van der Waals surface area (Å²) in [6.45, 7) is 3.75. The molecular weight excluding hydrogens is 230 g/mol. The van der Waals surface area contributed by atoms with Crippen LogP contribution in [0, 0.1) is 6.92 Å². The fourth-order valence-corrected chi connectivity index (χ4v) is 2.38. The first kappa shape index (κ1) is 12.9. The Balaban J connectivity index is 2.01. The van der Waals surface area contributed by atoms with Crippen molar-refractivity contribution in [2.45, 2.75) is 26.2 Å². The third-order valence-electron chi connectivity index (χ3n) is 3.21. The minimum absolute atomic E-state index is 0.331. The Labute approximate surface area is 107 Å². The Kier molecular flexibility index (Phi) is 4.17. The Morgan fingerprint density at radius 2 is 2.39 bits per heavy atom. The molecule has 0 amide bonds. The van der Waals surface area contributed by atoms with Gasteiger partial charge in [0.25, 0.3) is 0 Å². The van der Waals surface area contributed by atoms with Crippen molar-refractivity contribution in [3.05, 3.63) is 29.3 Å². The molecule has 0 saturated heterocycles. The van der Waals surface area contributed by atoms with Crippen molar-refractivity contribution in [2.24, 2.45) is 5.84 Å². The van der Waals surface area contributed by atoms with E-state index in [9.17, 15) is 4.79 Å². The smallest absolute Gasteiger partial charge is 0.328 e. The van der Waals surface area contributed by atoms with Crippen molar-refractivity contribution in [1.82, 2.24) is 5.59 Å². The van der Waals surface area contributed by atoms with Gasteiger partial charge in [-0.25, -0.2) is 5.84 Å². The van der Waals surface area contributed by atoms with E-state index in [1.54, 1.807) is 0 Å². The molecule has 2 rings (SSSR count). The van der Waals surface area contributed by atoms with Crippen LogP contribution in [0.5, 0.6) is 0 Å². The van der Waals surface area contributed by atoms with Gasteiger partial charge in [0.15, 0.2) is 0 Å². The summed E-state index contributed by atoms with van der Waals surface area (Å²) in [5, 5.41) is 0. The van der Waals surface area contributed by atoms with Crippen molar-refractivity contribution in [1.29, 1.82) is 0 Å². The van der Waals surface area contributed by atoms with E-state index in [0.29, 0.717) is 13.0 Å². The molecule has 1 aromatic carbocycles. The predicted octanol–water partition coefficient (Wildman–Crippen LogP) is 1.06. The average Bonchev–Trinajstić information content (AvgIpc) is 2.36. The molecule has 0 radical (unpaired) electrons. The molecule has 0 unspecified atom stereocenters. The minimum atomic E-state index is -0.336. The lowest BCUT2D eigenvalue weighted by molar-refractivity contribution is -0.151.